The molecule has 0 aromatic heterocycles. The molecule has 0 atom stereocenters. The summed E-state index contributed by atoms with van der Waals surface area (Å²) >= 11 is 0. The number of hydrogen-bond acceptors (Lipinski definition) is 3. The predicted molar refractivity (Wildman–Crippen MR) is 136 cm³/mol. The molecule has 4 aromatic carbocycles. The van der Waals surface area contributed by atoms with Crippen LogP contribution < -0.4 is 4.74 Å². The van der Waals surface area contributed by atoms with Crippen LogP contribution in [0.3, 0.4) is 0 Å². The van der Waals surface area contributed by atoms with Crippen molar-refractivity contribution < 1.29 is 14.3 Å². The number of carbonyl (C=O) groups is 1. The van der Waals surface area contributed by atoms with E-state index in [-0.39, 0.29) is 5.97 Å². The Labute approximate surface area is 200 Å². The molecule has 1 aliphatic rings. The largest absolute Gasteiger partial charge is 0.422 e. The van der Waals surface area contributed by atoms with Crippen LogP contribution in [0.1, 0.15) is 49.3 Å². The van der Waals surface area contributed by atoms with Crippen molar-refractivity contribution in [2.24, 2.45) is 0 Å². The molecular formula is C31H26O3. The summed E-state index contributed by atoms with van der Waals surface area (Å²) < 4.78 is 12.1. The maximum atomic E-state index is 13.4. The minimum atomic E-state index is -0.343. The summed E-state index contributed by atoms with van der Waals surface area (Å²) in [6.45, 7) is 10.8. The molecule has 3 nitrogen and oxygen atoms in total. The smallest absolute Gasteiger partial charge is 0.344 e. The molecule has 0 aliphatic carbocycles. The first kappa shape index (κ1) is 21.9. The van der Waals surface area contributed by atoms with Crippen LogP contribution in [0, 0.1) is 20.8 Å². The second-order valence-corrected chi connectivity index (χ2v) is 8.78. The molecule has 3 heteroatoms. The van der Waals surface area contributed by atoms with E-state index in [4.69, 9.17) is 9.47 Å². The van der Waals surface area contributed by atoms with Crippen LogP contribution in [0.15, 0.2) is 79.0 Å². The van der Waals surface area contributed by atoms with Gasteiger partial charge in [-0.3, -0.25) is 0 Å². The molecule has 0 unspecified atom stereocenters. The van der Waals surface area contributed by atoms with Gasteiger partial charge >= 0.3 is 5.97 Å². The Morgan fingerprint density at radius 3 is 2.15 bits per heavy atom. The lowest BCUT2D eigenvalue weighted by Gasteiger charge is -2.19. The number of rotatable bonds is 4. The maximum absolute atomic E-state index is 13.4. The standard InChI is InChI=1S/C31H26O3/c1-5-23(22-11-7-6-8-12-22)29-24-13-9-10-14-25(24)30(27-18-33-17-26(27)29)34-31(32)28-20(3)15-19(2)16-21(28)4/h6-16H,1,17-18H2,2-4H3. The number of hydrogen-bond donors (Lipinski definition) is 0. The van der Waals surface area contributed by atoms with Crippen molar-refractivity contribution >= 4 is 22.3 Å². The monoisotopic (exact) mass is 446 g/mol. The van der Waals surface area contributed by atoms with E-state index in [9.17, 15) is 4.79 Å². The second-order valence-electron chi connectivity index (χ2n) is 8.78. The fourth-order valence-electron chi connectivity index (χ4n) is 5.07. The topological polar surface area (TPSA) is 35.5 Å². The van der Waals surface area contributed by atoms with Crippen molar-refractivity contribution in [2.75, 3.05) is 0 Å². The van der Waals surface area contributed by atoms with E-state index >= 15 is 0 Å². The Morgan fingerprint density at radius 1 is 0.853 bits per heavy atom. The van der Waals surface area contributed by atoms with E-state index in [1.165, 1.54) is 0 Å². The molecule has 0 fully saturated rings. The molecule has 34 heavy (non-hydrogen) atoms. The zero-order chi connectivity index (χ0) is 23.8. The first-order valence-electron chi connectivity index (χ1n) is 11.4. The third kappa shape index (κ3) is 3.66. The van der Waals surface area contributed by atoms with Gasteiger partial charge in [0.1, 0.15) is 5.75 Å². The summed E-state index contributed by atoms with van der Waals surface area (Å²) in [6, 6.07) is 22.2. The van der Waals surface area contributed by atoms with Gasteiger partial charge in [0.2, 0.25) is 0 Å². The Kier molecular flexibility index (Phi) is 5.67. The molecule has 4 aromatic rings. The van der Waals surface area contributed by atoms with Crippen LogP contribution in [0.5, 0.6) is 5.75 Å². The summed E-state index contributed by atoms with van der Waals surface area (Å²) in [7, 11) is 0. The number of carbonyl (C=O) groups excluding carboxylic acids is 1. The highest BCUT2D eigenvalue weighted by molar-refractivity contribution is 6.05. The van der Waals surface area contributed by atoms with Crippen molar-refractivity contribution in [3.8, 4) is 5.75 Å². The number of ether oxygens (including phenoxy) is 2. The van der Waals surface area contributed by atoms with Crippen molar-refractivity contribution in [1.29, 1.82) is 0 Å². The van der Waals surface area contributed by atoms with E-state index in [1.54, 1.807) is 0 Å². The van der Waals surface area contributed by atoms with Crippen LogP contribution >= 0.6 is 0 Å². The predicted octanol–water partition coefficient (Wildman–Crippen LogP) is 7.23. The van der Waals surface area contributed by atoms with Gasteiger partial charge in [-0.2, -0.15) is 0 Å². The molecule has 5 rings (SSSR count). The van der Waals surface area contributed by atoms with Gasteiger partial charge in [-0.05, 0) is 48.4 Å². The summed E-state index contributed by atoms with van der Waals surface area (Å²) in [6.07, 6.45) is 0. The van der Waals surface area contributed by atoms with Crippen molar-refractivity contribution in [3.05, 3.63) is 124 Å². The molecule has 0 spiro atoms. The van der Waals surface area contributed by atoms with Gasteiger partial charge in [-0.25, -0.2) is 4.79 Å². The first-order chi connectivity index (χ1) is 16.5. The maximum Gasteiger partial charge on any atom is 0.344 e. The average Bonchev–Trinajstić information content (AvgIpc) is 3.31. The summed E-state index contributed by atoms with van der Waals surface area (Å²) in [5.74, 6) is 0.234. The van der Waals surface area contributed by atoms with E-state index in [1.807, 2.05) is 69.3 Å². The van der Waals surface area contributed by atoms with Crippen molar-refractivity contribution in [2.45, 2.75) is 34.0 Å². The Bertz CT molecular complexity index is 1470. The minimum Gasteiger partial charge on any atom is -0.422 e. The van der Waals surface area contributed by atoms with Crippen LogP contribution in [0.4, 0.5) is 0 Å². The van der Waals surface area contributed by atoms with Gasteiger partial charge in [0.05, 0.1) is 18.8 Å². The number of aryl methyl sites for hydroxylation is 3. The van der Waals surface area contributed by atoms with Gasteiger partial charge in [0, 0.05) is 22.1 Å². The first-order valence-corrected chi connectivity index (χ1v) is 11.4. The normalized spacial score (nSPS) is 12.3. The minimum absolute atomic E-state index is 0.343. The Balaban J connectivity index is 1.72. The van der Waals surface area contributed by atoms with Gasteiger partial charge in [0.15, 0.2) is 0 Å². The molecule has 0 saturated carbocycles. The fraction of sp³-hybridized carbons (Fsp3) is 0.161. The molecule has 0 amide bonds. The highest BCUT2D eigenvalue weighted by atomic mass is 16.5. The molecule has 0 bridgehead atoms. The molecule has 1 aliphatic heterocycles. The Morgan fingerprint density at radius 2 is 1.47 bits per heavy atom. The van der Waals surface area contributed by atoms with Gasteiger partial charge in [0.25, 0.3) is 0 Å². The van der Waals surface area contributed by atoms with E-state index in [0.29, 0.717) is 24.5 Å². The SMILES string of the molecule is C=C=C(c1ccccc1)c1c2c(c(OC(=O)c3c(C)cc(C)cc3C)c3ccccc13)COC2. The second kappa shape index (κ2) is 8.79. The summed E-state index contributed by atoms with van der Waals surface area (Å²) in [5.41, 5.74) is 11.7. The lowest BCUT2D eigenvalue weighted by atomic mass is 9.87. The zero-order valence-electron chi connectivity index (χ0n) is 19.7. The van der Waals surface area contributed by atoms with E-state index in [2.05, 4.69) is 30.5 Å². The third-order valence-corrected chi connectivity index (χ3v) is 6.44. The highest BCUT2D eigenvalue weighted by Gasteiger charge is 2.28. The number of benzene rings is 4. The molecule has 0 saturated heterocycles. The number of fused-ring (bicyclic) bond motifs is 2. The van der Waals surface area contributed by atoms with Crippen molar-refractivity contribution in [1.82, 2.24) is 0 Å². The lowest BCUT2D eigenvalue weighted by molar-refractivity contribution is 0.0730. The highest BCUT2D eigenvalue weighted by Crippen LogP contribution is 2.44. The zero-order valence-corrected chi connectivity index (χ0v) is 19.7. The number of esters is 1. The molecular weight excluding hydrogens is 420 g/mol. The quantitative estimate of drug-likeness (QED) is 0.188. The van der Waals surface area contributed by atoms with Gasteiger partial charge in [-0.15, -0.1) is 5.73 Å². The van der Waals surface area contributed by atoms with Gasteiger partial charge < -0.3 is 9.47 Å². The van der Waals surface area contributed by atoms with Crippen molar-refractivity contribution in [3.63, 3.8) is 0 Å². The average molecular weight is 447 g/mol. The van der Waals surface area contributed by atoms with E-state index < -0.39 is 0 Å². The summed E-state index contributed by atoms with van der Waals surface area (Å²) in [5, 5.41) is 1.86. The van der Waals surface area contributed by atoms with Crippen LogP contribution in [0.2, 0.25) is 0 Å². The fourth-order valence-corrected chi connectivity index (χ4v) is 5.07. The molecule has 1 heterocycles. The Hall–Kier alpha value is -3.91. The lowest BCUT2D eigenvalue weighted by Crippen LogP contribution is -2.14. The van der Waals surface area contributed by atoms with Crippen LogP contribution in [-0.2, 0) is 18.0 Å². The van der Waals surface area contributed by atoms with Crippen LogP contribution in [0.25, 0.3) is 16.3 Å². The molecule has 0 N–H and O–H groups in total. The summed E-state index contributed by atoms with van der Waals surface area (Å²) in [4.78, 5) is 13.4. The van der Waals surface area contributed by atoms with Crippen LogP contribution in [-0.4, -0.2) is 5.97 Å². The van der Waals surface area contributed by atoms with Gasteiger partial charge in [-0.1, -0.05) is 78.9 Å². The third-order valence-electron chi connectivity index (χ3n) is 6.44. The molecule has 168 valence electrons. The molecule has 0 radical (unpaired) electrons. The van der Waals surface area contributed by atoms with E-state index in [0.717, 1.165) is 55.3 Å².